The Morgan fingerprint density at radius 3 is 2.79 bits per heavy atom. The van der Waals surface area contributed by atoms with E-state index in [1.807, 2.05) is 44.2 Å². The topological polar surface area (TPSA) is 44.1 Å². The highest BCUT2D eigenvalue weighted by atomic mass is 35.5. The number of para-hydroxylation sites is 1. The Labute approximate surface area is 145 Å². The van der Waals surface area contributed by atoms with Crippen LogP contribution in [0.15, 0.2) is 47.5 Å². The van der Waals surface area contributed by atoms with E-state index in [1.54, 1.807) is 17.0 Å². The molecule has 124 valence electrons. The third kappa shape index (κ3) is 3.44. The van der Waals surface area contributed by atoms with E-state index in [4.69, 9.17) is 16.3 Å². The molecule has 1 heterocycles. The molecule has 0 unspecified atom stereocenters. The van der Waals surface area contributed by atoms with Gasteiger partial charge in [0.2, 0.25) is 0 Å². The summed E-state index contributed by atoms with van der Waals surface area (Å²) in [7, 11) is 0. The molecular formula is C19H19ClN2O2. The Balaban J connectivity index is 1.65. The van der Waals surface area contributed by atoms with Crippen LogP contribution in [0.1, 0.15) is 17.5 Å². The van der Waals surface area contributed by atoms with Crippen LogP contribution in [0.5, 0.6) is 5.75 Å². The summed E-state index contributed by atoms with van der Waals surface area (Å²) in [5, 5.41) is 1.26. The minimum atomic E-state index is -0.0230. The van der Waals surface area contributed by atoms with Gasteiger partial charge in [-0.25, -0.2) is 4.98 Å². The van der Waals surface area contributed by atoms with E-state index in [2.05, 4.69) is 4.98 Å². The molecule has 24 heavy (non-hydrogen) atoms. The zero-order valence-electron chi connectivity index (χ0n) is 13.8. The molecule has 0 atom stereocenters. The first-order valence-electron chi connectivity index (χ1n) is 7.90. The number of ether oxygens (including phenoxy) is 1. The lowest BCUT2D eigenvalue weighted by Crippen LogP contribution is -2.21. The smallest absolute Gasteiger partial charge is 0.261 e. The number of hydrogen-bond donors (Lipinski definition) is 0. The lowest BCUT2D eigenvalue weighted by atomic mass is 10.1. The Hall–Kier alpha value is -2.33. The highest BCUT2D eigenvalue weighted by Crippen LogP contribution is 2.29. The van der Waals surface area contributed by atoms with Crippen molar-refractivity contribution in [3.8, 4) is 5.75 Å². The predicted molar refractivity (Wildman–Crippen MR) is 97.0 cm³/mol. The van der Waals surface area contributed by atoms with E-state index in [9.17, 15) is 4.79 Å². The molecule has 0 saturated carbocycles. The number of aromatic nitrogens is 2. The number of nitrogens with zero attached hydrogens (tertiary/aromatic N) is 2. The van der Waals surface area contributed by atoms with Crippen molar-refractivity contribution in [3.05, 3.63) is 69.2 Å². The van der Waals surface area contributed by atoms with Crippen molar-refractivity contribution in [2.24, 2.45) is 0 Å². The fraction of sp³-hybridized carbons (Fsp3) is 0.263. The summed E-state index contributed by atoms with van der Waals surface area (Å²) in [6.45, 7) is 5.02. The van der Waals surface area contributed by atoms with Gasteiger partial charge in [-0.3, -0.25) is 9.36 Å². The maximum atomic E-state index is 12.4. The van der Waals surface area contributed by atoms with Gasteiger partial charge in [-0.15, -0.1) is 0 Å². The van der Waals surface area contributed by atoms with E-state index in [-0.39, 0.29) is 5.56 Å². The molecule has 4 nitrogen and oxygen atoms in total. The molecule has 0 aliphatic rings. The summed E-state index contributed by atoms with van der Waals surface area (Å²) in [6.07, 6.45) is 2.29. The lowest BCUT2D eigenvalue weighted by Gasteiger charge is -2.12. The van der Waals surface area contributed by atoms with Crippen LogP contribution < -0.4 is 10.3 Å². The summed E-state index contributed by atoms with van der Waals surface area (Å²) in [6, 6.07) is 11.3. The van der Waals surface area contributed by atoms with Gasteiger partial charge in [-0.1, -0.05) is 29.8 Å². The van der Waals surface area contributed by atoms with Crippen LogP contribution in [0.3, 0.4) is 0 Å². The van der Waals surface area contributed by atoms with Crippen LogP contribution in [0, 0.1) is 13.8 Å². The number of benzene rings is 2. The van der Waals surface area contributed by atoms with E-state index in [0.717, 1.165) is 16.6 Å². The molecule has 0 radical (unpaired) electrons. The van der Waals surface area contributed by atoms with Crippen LogP contribution >= 0.6 is 11.6 Å². The largest absolute Gasteiger partial charge is 0.492 e. The van der Waals surface area contributed by atoms with Gasteiger partial charge in [0.05, 0.1) is 28.9 Å². The quantitative estimate of drug-likeness (QED) is 0.655. The van der Waals surface area contributed by atoms with E-state index >= 15 is 0 Å². The molecule has 0 saturated heterocycles. The molecule has 0 aliphatic carbocycles. The maximum Gasteiger partial charge on any atom is 0.261 e. The average molecular weight is 343 g/mol. The zero-order valence-corrected chi connectivity index (χ0v) is 14.5. The SMILES string of the molecule is Cc1cc(C)c(OCCCn2cnc3ccccc3c2=O)c(Cl)c1. The van der Waals surface area contributed by atoms with Gasteiger partial charge in [-0.05, 0) is 49.6 Å². The van der Waals surface area contributed by atoms with Gasteiger partial charge in [0.25, 0.3) is 5.56 Å². The van der Waals surface area contributed by atoms with E-state index in [0.29, 0.717) is 35.7 Å². The second-order valence-electron chi connectivity index (χ2n) is 5.86. The number of halogens is 1. The molecule has 0 spiro atoms. The van der Waals surface area contributed by atoms with Gasteiger partial charge in [0, 0.05) is 6.54 Å². The maximum absolute atomic E-state index is 12.4. The molecular weight excluding hydrogens is 324 g/mol. The fourth-order valence-corrected chi connectivity index (χ4v) is 3.14. The standard InChI is InChI=1S/C19H19ClN2O2/c1-13-10-14(2)18(16(20)11-13)24-9-5-8-22-12-21-17-7-4-3-6-15(17)19(22)23/h3-4,6-7,10-12H,5,8-9H2,1-2H3. The monoisotopic (exact) mass is 342 g/mol. The van der Waals surface area contributed by atoms with Crippen molar-refractivity contribution in [2.45, 2.75) is 26.8 Å². The number of aryl methyl sites for hydroxylation is 3. The zero-order chi connectivity index (χ0) is 17.1. The first-order valence-corrected chi connectivity index (χ1v) is 8.28. The normalized spacial score (nSPS) is 11.0. The van der Waals surface area contributed by atoms with Crippen LogP contribution in [0.4, 0.5) is 0 Å². The first-order chi connectivity index (χ1) is 11.6. The molecule has 0 fully saturated rings. The average Bonchev–Trinajstić information content (AvgIpc) is 2.55. The summed E-state index contributed by atoms with van der Waals surface area (Å²) >= 11 is 6.23. The summed E-state index contributed by atoms with van der Waals surface area (Å²) < 4.78 is 7.42. The summed E-state index contributed by atoms with van der Waals surface area (Å²) in [5.41, 5.74) is 2.82. The van der Waals surface area contributed by atoms with Crippen molar-refractivity contribution in [1.29, 1.82) is 0 Å². The molecule has 0 N–H and O–H groups in total. The lowest BCUT2D eigenvalue weighted by molar-refractivity contribution is 0.299. The van der Waals surface area contributed by atoms with Gasteiger partial charge >= 0.3 is 0 Å². The first kappa shape index (κ1) is 16.5. The molecule has 1 aromatic heterocycles. The minimum Gasteiger partial charge on any atom is -0.492 e. The van der Waals surface area contributed by atoms with Crippen LogP contribution in [-0.2, 0) is 6.54 Å². The highest BCUT2D eigenvalue weighted by Gasteiger charge is 2.07. The fourth-order valence-electron chi connectivity index (χ4n) is 2.76. The summed E-state index contributed by atoms with van der Waals surface area (Å²) in [5.74, 6) is 0.714. The Morgan fingerprint density at radius 1 is 1.21 bits per heavy atom. The predicted octanol–water partition coefficient (Wildman–Crippen LogP) is 4.14. The molecule has 0 amide bonds. The van der Waals surface area contributed by atoms with Gasteiger partial charge in [-0.2, -0.15) is 0 Å². The third-order valence-corrected chi connectivity index (χ3v) is 4.18. The summed E-state index contributed by atoms with van der Waals surface area (Å²) in [4.78, 5) is 16.7. The number of hydrogen-bond acceptors (Lipinski definition) is 3. The highest BCUT2D eigenvalue weighted by molar-refractivity contribution is 6.32. The van der Waals surface area contributed by atoms with Crippen molar-refractivity contribution in [1.82, 2.24) is 9.55 Å². The van der Waals surface area contributed by atoms with Crippen molar-refractivity contribution < 1.29 is 4.74 Å². The van der Waals surface area contributed by atoms with Gasteiger partial charge < -0.3 is 4.74 Å². The van der Waals surface area contributed by atoms with E-state index < -0.39 is 0 Å². The van der Waals surface area contributed by atoms with Gasteiger partial charge in [0.1, 0.15) is 5.75 Å². The second-order valence-corrected chi connectivity index (χ2v) is 6.26. The van der Waals surface area contributed by atoms with E-state index in [1.165, 1.54) is 0 Å². The molecule has 0 aliphatic heterocycles. The Morgan fingerprint density at radius 2 is 2.00 bits per heavy atom. The van der Waals surface area contributed by atoms with Crippen molar-refractivity contribution >= 4 is 22.5 Å². The van der Waals surface area contributed by atoms with Crippen molar-refractivity contribution in [2.75, 3.05) is 6.61 Å². The molecule has 2 aromatic carbocycles. The molecule has 3 rings (SSSR count). The molecule has 3 aromatic rings. The second kappa shape index (κ2) is 7.05. The number of fused-ring (bicyclic) bond motifs is 1. The minimum absolute atomic E-state index is 0.0230. The third-order valence-electron chi connectivity index (χ3n) is 3.89. The van der Waals surface area contributed by atoms with Gasteiger partial charge in [0.15, 0.2) is 0 Å². The van der Waals surface area contributed by atoms with Crippen LogP contribution in [0.25, 0.3) is 10.9 Å². The van der Waals surface area contributed by atoms with Crippen LogP contribution in [-0.4, -0.2) is 16.2 Å². The Kier molecular flexibility index (Phi) is 4.86. The molecule has 0 bridgehead atoms. The van der Waals surface area contributed by atoms with Crippen LogP contribution in [0.2, 0.25) is 5.02 Å². The Bertz CT molecular complexity index is 911. The molecule has 5 heteroatoms. The number of rotatable bonds is 5. The van der Waals surface area contributed by atoms with Crippen molar-refractivity contribution in [3.63, 3.8) is 0 Å².